The van der Waals surface area contributed by atoms with Crippen molar-refractivity contribution in [2.75, 3.05) is 0 Å². The number of hydrogen-bond acceptors (Lipinski definition) is 5. The van der Waals surface area contributed by atoms with Crippen molar-refractivity contribution in [1.82, 2.24) is 0 Å². The molecule has 0 aliphatic rings. The number of rotatable bonds is 3. The van der Waals surface area contributed by atoms with Gasteiger partial charge in [0.25, 0.3) is 0 Å². The molecule has 1 unspecified atom stereocenters. The summed E-state index contributed by atoms with van der Waals surface area (Å²) >= 11 is 0. The number of carbonyl (C=O) groups excluding carboxylic acids is 2. The molecule has 0 amide bonds. The molecular weight excluding hydrogens is 198 g/mol. The zero-order valence-electron chi connectivity index (χ0n) is 9.79. The lowest BCUT2D eigenvalue weighted by Gasteiger charge is -2.32. The molecule has 0 aromatic carbocycles. The lowest BCUT2D eigenvalue weighted by atomic mass is 9.88. The summed E-state index contributed by atoms with van der Waals surface area (Å²) in [5.74, 6) is -3.07. The van der Waals surface area contributed by atoms with Crippen LogP contribution in [0.2, 0.25) is 0 Å². The van der Waals surface area contributed by atoms with E-state index in [0.717, 1.165) is 0 Å². The van der Waals surface area contributed by atoms with Gasteiger partial charge in [-0.15, -0.1) is 0 Å². The Balaban J connectivity index is 4.66. The Bertz CT molecular complexity index is 265. The number of esters is 1. The van der Waals surface area contributed by atoms with E-state index in [0.29, 0.717) is 0 Å². The minimum absolute atomic E-state index is 0.642. The summed E-state index contributed by atoms with van der Waals surface area (Å²) in [5, 5.41) is 10.7. The van der Waals surface area contributed by atoms with Crippen LogP contribution in [-0.2, 0) is 14.3 Å². The molecule has 0 bridgehead atoms. The van der Waals surface area contributed by atoms with E-state index in [1.165, 1.54) is 13.8 Å². The Morgan fingerprint density at radius 2 is 1.67 bits per heavy atom. The molecule has 0 heterocycles. The molecule has 5 heteroatoms. The van der Waals surface area contributed by atoms with Gasteiger partial charge in [-0.25, -0.2) is 0 Å². The molecule has 15 heavy (non-hydrogen) atoms. The van der Waals surface area contributed by atoms with Crippen molar-refractivity contribution >= 4 is 11.9 Å². The second kappa shape index (κ2) is 4.18. The fourth-order valence-corrected chi connectivity index (χ4v) is 0.812. The van der Waals surface area contributed by atoms with E-state index < -0.39 is 29.0 Å². The summed E-state index contributed by atoms with van der Waals surface area (Å²) in [6.07, 6.45) is 0. The third-order valence-corrected chi connectivity index (χ3v) is 2.10. The van der Waals surface area contributed by atoms with Gasteiger partial charge in [0.1, 0.15) is 5.60 Å². The average Bonchev–Trinajstić information content (AvgIpc) is 1.99. The van der Waals surface area contributed by atoms with E-state index in [-0.39, 0.29) is 0 Å². The SMILES string of the molecule is CC(C(=O)OC(C)(C)C)[C@](C)(N)C(=O)[O-]. The van der Waals surface area contributed by atoms with Gasteiger partial charge >= 0.3 is 5.97 Å². The number of hydrogen-bond donors (Lipinski definition) is 1. The number of nitrogens with two attached hydrogens (primary N) is 1. The van der Waals surface area contributed by atoms with Gasteiger partial charge in [0.2, 0.25) is 0 Å². The maximum atomic E-state index is 11.5. The van der Waals surface area contributed by atoms with Gasteiger partial charge in [-0.3, -0.25) is 4.79 Å². The first-order chi connectivity index (χ1) is 6.48. The molecule has 0 aromatic heterocycles. The van der Waals surface area contributed by atoms with Crippen LogP contribution in [0.5, 0.6) is 0 Å². The molecule has 2 atom stereocenters. The predicted molar refractivity (Wildman–Crippen MR) is 52.6 cm³/mol. The van der Waals surface area contributed by atoms with Crippen LogP contribution in [0, 0.1) is 5.92 Å². The monoisotopic (exact) mass is 216 g/mol. The first-order valence-corrected chi connectivity index (χ1v) is 4.71. The highest BCUT2D eigenvalue weighted by atomic mass is 16.6. The largest absolute Gasteiger partial charge is 0.548 e. The standard InChI is InChI=1S/C10H19NO4/c1-6(10(5,11)8(13)14)7(12)15-9(2,3)4/h6H,11H2,1-5H3,(H,13,14)/p-1/t6?,10-/m0/s1. The van der Waals surface area contributed by atoms with Crippen molar-refractivity contribution in [3.63, 3.8) is 0 Å². The van der Waals surface area contributed by atoms with Crippen molar-refractivity contribution < 1.29 is 19.4 Å². The van der Waals surface area contributed by atoms with Gasteiger partial charge in [0.05, 0.1) is 17.4 Å². The molecule has 0 rings (SSSR count). The minimum Gasteiger partial charge on any atom is -0.548 e. The Morgan fingerprint density at radius 3 is 1.93 bits per heavy atom. The van der Waals surface area contributed by atoms with E-state index in [4.69, 9.17) is 10.5 Å². The Hall–Kier alpha value is -1.10. The van der Waals surface area contributed by atoms with Gasteiger partial charge in [-0.1, -0.05) is 0 Å². The minimum atomic E-state index is -1.72. The number of carboxylic acids is 1. The number of carboxylic acid groups (broad SMARTS) is 1. The zero-order chi connectivity index (χ0) is 12.4. The maximum Gasteiger partial charge on any atom is 0.311 e. The summed E-state index contributed by atoms with van der Waals surface area (Å²) in [6.45, 7) is 7.74. The Kier molecular flexibility index (Phi) is 3.88. The molecule has 2 N–H and O–H groups in total. The first kappa shape index (κ1) is 13.9. The molecule has 0 aliphatic heterocycles. The van der Waals surface area contributed by atoms with Gasteiger partial charge < -0.3 is 20.4 Å². The average molecular weight is 216 g/mol. The predicted octanol–water partition coefficient (Wildman–Crippen LogP) is -0.568. The van der Waals surface area contributed by atoms with Crippen LogP contribution in [0.15, 0.2) is 0 Å². The molecule has 0 fully saturated rings. The highest BCUT2D eigenvalue weighted by Crippen LogP contribution is 2.18. The van der Waals surface area contributed by atoms with Crippen LogP contribution in [0.25, 0.3) is 0 Å². The molecule has 0 aliphatic carbocycles. The number of carbonyl (C=O) groups is 2. The van der Waals surface area contributed by atoms with E-state index in [2.05, 4.69) is 0 Å². The Morgan fingerprint density at radius 1 is 1.27 bits per heavy atom. The van der Waals surface area contributed by atoms with Crippen LogP contribution in [0.3, 0.4) is 0 Å². The van der Waals surface area contributed by atoms with Gasteiger partial charge in [-0.05, 0) is 34.6 Å². The van der Waals surface area contributed by atoms with E-state index in [9.17, 15) is 14.7 Å². The fraction of sp³-hybridized carbons (Fsp3) is 0.800. The molecule has 0 aromatic rings. The third kappa shape index (κ3) is 3.87. The molecule has 0 radical (unpaired) electrons. The second-order valence-corrected chi connectivity index (χ2v) is 4.83. The van der Waals surface area contributed by atoms with E-state index in [1.807, 2.05) is 0 Å². The van der Waals surface area contributed by atoms with Crippen molar-refractivity contribution in [3.05, 3.63) is 0 Å². The molecule has 0 saturated carbocycles. The van der Waals surface area contributed by atoms with Gasteiger partial charge in [0.15, 0.2) is 0 Å². The Labute approximate surface area is 89.6 Å². The van der Waals surface area contributed by atoms with Crippen LogP contribution >= 0.6 is 0 Å². The molecule has 0 saturated heterocycles. The molecule has 88 valence electrons. The second-order valence-electron chi connectivity index (χ2n) is 4.83. The van der Waals surface area contributed by atoms with E-state index in [1.54, 1.807) is 20.8 Å². The van der Waals surface area contributed by atoms with Crippen LogP contribution < -0.4 is 10.8 Å². The molecular formula is C10H18NO4-. The van der Waals surface area contributed by atoms with Crippen molar-refractivity contribution in [2.45, 2.75) is 45.8 Å². The summed E-state index contributed by atoms with van der Waals surface area (Å²) in [6, 6.07) is 0. The quantitative estimate of drug-likeness (QED) is 0.638. The highest BCUT2D eigenvalue weighted by Gasteiger charge is 2.36. The van der Waals surface area contributed by atoms with Crippen molar-refractivity contribution in [2.24, 2.45) is 11.7 Å². The summed E-state index contributed by atoms with van der Waals surface area (Å²) in [4.78, 5) is 22.2. The highest BCUT2D eigenvalue weighted by molar-refractivity contribution is 5.85. The molecule has 0 spiro atoms. The fourth-order valence-electron chi connectivity index (χ4n) is 0.812. The number of ether oxygens (including phenoxy) is 1. The summed E-state index contributed by atoms with van der Waals surface area (Å²) < 4.78 is 5.03. The number of aliphatic carboxylic acids is 1. The topological polar surface area (TPSA) is 92.5 Å². The van der Waals surface area contributed by atoms with Gasteiger partial charge in [0, 0.05) is 0 Å². The lowest BCUT2D eigenvalue weighted by molar-refractivity contribution is -0.314. The third-order valence-electron chi connectivity index (χ3n) is 2.10. The first-order valence-electron chi connectivity index (χ1n) is 4.71. The maximum absolute atomic E-state index is 11.5. The summed E-state index contributed by atoms with van der Waals surface area (Å²) in [7, 11) is 0. The van der Waals surface area contributed by atoms with E-state index >= 15 is 0 Å². The summed E-state index contributed by atoms with van der Waals surface area (Å²) in [5.41, 5.74) is 3.08. The zero-order valence-corrected chi connectivity index (χ0v) is 9.79. The van der Waals surface area contributed by atoms with Gasteiger partial charge in [-0.2, -0.15) is 0 Å². The van der Waals surface area contributed by atoms with Crippen molar-refractivity contribution in [3.8, 4) is 0 Å². The van der Waals surface area contributed by atoms with Crippen LogP contribution in [0.1, 0.15) is 34.6 Å². The molecule has 5 nitrogen and oxygen atoms in total. The normalized spacial score (nSPS) is 17.7. The van der Waals surface area contributed by atoms with Crippen molar-refractivity contribution in [1.29, 1.82) is 0 Å². The van der Waals surface area contributed by atoms with Crippen LogP contribution in [-0.4, -0.2) is 23.1 Å². The smallest absolute Gasteiger partial charge is 0.311 e. The van der Waals surface area contributed by atoms with Crippen LogP contribution in [0.4, 0.5) is 0 Å². The lowest BCUT2D eigenvalue weighted by Crippen LogP contribution is -2.59.